The van der Waals surface area contributed by atoms with Gasteiger partial charge in [-0.15, -0.1) is 0 Å². The van der Waals surface area contributed by atoms with Crippen LogP contribution in [0.15, 0.2) is 27.8 Å². The van der Waals surface area contributed by atoms with Crippen LogP contribution >= 0.6 is 11.8 Å². The van der Waals surface area contributed by atoms with Crippen molar-refractivity contribution < 1.29 is 9.15 Å². The average molecular weight is 311 g/mol. The first-order valence-electron chi connectivity index (χ1n) is 7.53. The molecule has 1 fully saturated rings. The van der Waals surface area contributed by atoms with Crippen LogP contribution < -0.4 is 10.6 Å². The normalized spacial score (nSPS) is 18.9. The Morgan fingerprint density at radius 3 is 3.05 bits per heavy atom. The van der Waals surface area contributed by atoms with Crippen LogP contribution in [0.5, 0.6) is 0 Å². The maximum Gasteiger partial charge on any atom is 0.191 e. The van der Waals surface area contributed by atoms with Crippen molar-refractivity contribution in [2.45, 2.75) is 25.4 Å². The minimum absolute atomic E-state index is 0.286. The number of hydrogen-bond donors (Lipinski definition) is 2. The first kappa shape index (κ1) is 16.2. The number of thioether (sulfide) groups is 1. The van der Waals surface area contributed by atoms with Crippen LogP contribution in [0.25, 0.3) is 0 Å². The van der Waals surface area contributed by atoms with Gasteiger partial charge in [0.2, 0.25) is 0 Å². The van der Waals surface area contributed by atoms with Gasteiger partial charge < -0.3 is 19.8 Å². The number of ether oxygens (including phenoxy) is 1. The topological polar surface area (TPSA) is 58.8 Å². The summed E-state index contributed by atoms with van der Waals surface area (Å²) in [5, 5.41) is 6.71. The monoisotopic (exact) mass is 311 g/mol. The molecule has 0 radical (unpaired) electrons. The van der Waals surface area contributed by atoms with Crippen molar-refractivity contribution in [3.8, 4) is 0 Å². The molecule has 1 aromatic heterocycles. The lowest BCUT2D eigenvalue weighted by Gasteiger charge is -2.13. The molecule has 5 nitrogen and oxygen atoms in total. The fraction of sp³-hybridized carbons (Fsp3) is 0.667. The van der Waals surface area contributed by atoms with Crippen molar-refractivity contribution in [1.29, 1.82) is 0 Å². The summed E-state index contributed by atoms with van der Waals surface area (Å²) in [4.78, 5) is 4.63. The van der Waals surface area contributed by atoms with Gasteiger partial charge in [0.25, 0.3) is 0 Å². The molecule has 1 aromatic rings. The van der Waals surface area contributed by atoms with Crippen LogP contribution in [-0.4, -0.2) is 50.3 Å². The number of guanidine groups is 1. The predicted octanol–water partition coefficient (Wildman–Crippen LogP) is 1.90. The Kier molecular flexibility index (Phi) is 7.53. The van der Waals surface area contributed by atoms with E-state index in [9.17, 15) is 0 Å². The van der Waals surface area contributed by atoms with Crippen molar-refractivity contribution in [2.75, 3.05) is 38.2 Å². The zero-order chi connectivity index (χ0) is 14.8. The van der Waals surface area contributed by atoms with Gasteiger partial charge in [-0.25, -0.2) is 0 Å². The van der Waals surface area contributed by atoms with Crippen LogP contribution in [0.4, 0.5) is 0 Å². The van der Waals surface area contributed by atoms with Gasteiger partial charge in [0, 0.05) is 31.9 Å². The number of nitrogens with zero attached hydrogens (tertiary/aromatic N) is 1. The number of rotatable bonds is 8. The van der Waals surface area contributed by atoms with E-state index in [1.54, 1.807) is 6.26 Å². The summed E-state index contributed by atoms with van der Waals surface area (Å²) in [6, 6.07) is 3.91. The lowest BCUT2D eigenvalue weighted by molar-refractivity contribution is 0.117. The Morgan fingerprint density at radius 1 is 1.43 bits per heavy atom. The minimum Gasteiger partial charge on any atom is -0.469 e. The Morgan fingerprint density at radius 2 is 2.33 bits per heavy atom. The number of furan rings is 1. The fourth-order valence-electron chi connectivity index (χ4n) is 2.19. The molecule has 2 N–H and O–H groups in total. The van der Waals surface area contributed by atoms with Gasteiger partial charge in [0.1, 0.15) is 5.76 Å². The van der Waals surface area contributed by atoms with Crippen LogP contribution in [0, 0.1) is 0 Å². The SMILES string of the molecule is CSCCNC(=NCC1CCCO1)NCCc1ccco1. The van der Waals surface area contributed by atoms with Gasteiger partial charge >= 0.3 is 0 Å². The van der Waals surface area contributed by atoms with E-state index in [-0.39, 0.29) is 6.10 Å². The molecule has 118 valence electrons. The standard InChI is InChI=1S/C15H25N3O2S/c1-21-11-8-17-15(18-12-14-5-3-10-20-14)16-7-6-13-4-2-9-19-13/h2,4,9,14H,3,5-8,10-12H2,1H3,(H2,16,17,18). The molecule has 21 heavy (non-hydrogen) atoms. The van der Waals surface area contributed by atoms with Gasteiger partial charge in [0.15, 0.2) is 5.96 Å². The van der Waals surface area contributed by atoms with Gasteiger partial charge in [0.05, 0.1) is 18.9 Å². The second kappa shape index (κ2) is 9.73. The zero-order valence-corrected chi connectivity index (χ0v) is 13.5. The second-order valence-electron chi connectivity index (χ2n) is 5.00. The third-order valence-corrected chi connectivity index (χ3v) is 3.93. The molecule has 0 saturated carbocycles. The van der Waals surface area contributed by atoms with Crippen LogP contribution in [0.2, 0.25) is 0 Å². The predicted molar refractivity (Wildman–Crippen MR) is 88.1 cm³/mol. The Balaban J connectivity index is 1.74. The van der Waals surface area contributed by atoms with Crippen LogP contribution in [0.1, 0.15) is 18.6 Å². The highest BCUT2D eigenvalue weighted by Gasteiger charge is 2.14. The van der Waals surface area contributed by atoms with Crippen molar-refractivity contribution >= 4 is 17.7 Å². The van der Waals surface area contributed by atoms with E-state index in [4.69, 9.17) is 9.15 Å². The van der Waals surface area contributed by atoms with Gasteiger partial charge in [-0.3, -0.25) is 4.99 Å². The summed E-state index contributed by atoms with van der Waals surface area (Å²) in [5.74, 6) is 2.93. The highest BCUT2D eigenvalue weighted by atomic mass is 32.2. The molecule has 6 heteroatoms. The lowest BCUT2D eigenvalue weighted by atomic mass is 10.2. The quantitative estimate of drug-likeness (QED) is 0.436. The molecule has 1 unspecified atom stereocenters. The molecular formula is C15H25N3O2S. The van der Waals surface area contributed by atoms with E-state index in [1.165, 1.54) is 0 Å². The number of nitrogens with one attached hydrogen (secondary N) is 2. The first-order valence-corrected chi connectivity index (χ1v) is 8.93. The highest BCUT2D eigenvalue weighted by molar-refractivity contribution is 7.98. The smallest absolute Gasteiger partial charge is 0.191 e. The van der Waals surface area contributed by atoms with E-state index in [0.717, 1.165) is 63.0 Å². The molecule has 2 rings (SSSR count). The summed E-state index contributed by atoms with van der Waals surface area (Å²) in [6.45, 7) is 3.33. The van der Waals surface area contributed by atoms with Crippen molar-refractivity contribution in [2.24, 2.45) is 4.99 Å². The zero-order valence-electron chi connectivity index (χ0n) is 12.6. The maximum absolute atomic E-state index is 5.61. The highest BCUT2D eigenvalue weighted by Crippen LogP contribution is 2.11. The molecular weight excluding hydrogens is 286 g/mol. The molecule has 0 aliphatic carbocycles. The van der Waals surface area contributed by atoms with Gasteiger partial charge in [-0.2, -0.15) is 11.8 Å². The van der Waals surface area contributed by atoms with E-state index in [1.807, 2.05) is 23.9 Å². The molecule has 1 aliphatic rings. The summed E-state index contributed by atoms with van der Waals surface area (Å²) in [7, 11) is 0. The van der Waals surface area contributed by atoms with Crippen molar-refractivity contribution in [3.05, 3.63) is 24.2 Å². The largest absolute Gasteiger partial charge is 0.469 e. The molecule has 1 atom stereocenters. The van der Waals surface area contributed by atoms with Gasteiger partial charge in [-0.05, 0) is 31.2 Å². The van der Waals surface area contributed by atoms with Crippen LogP contribution in [0.3, 0.4) is 0 Å². The molecule has 0 spiro atoms. The Bertz CT molecular complexity index is 403. The number of hydrogen-bond acceptors (Lipinski definition) is 4. The fourth-order valence-corrected chi connectivity index (χ4v) is 2.49. The average Bonchev–Trinajstić information content (AvgIpc) is 3.18. The molecule has 2 heterocycles. The maximum atomic E-state index is 5.61. The summed E-state index contributed by atoms with van der Waals surface area (Å²) in [5.41, 5.74) is 0. The van der Waals surface area contributed by atoms with Gasteiger partial charge in [-0.1, -0.05) is 0 Å². The van der Waals surface area contributed by atoms with E-state index in [2.05, 4.69) is 21.9 Å². The van der Waals surface area contributed by atoms with Crippen LogP contribution in [-0.2, 0) is 11.2 Å². The van der Waals surface area contributed by atoms with E-state index in [0.29, 0.717) is 0 Å². The molecule has 1 saturated heterocycles. The summed E-state index contributed by atoms with van der Waals surface area (Å²) in [6.07, 6.45) is 7.23. The summed E-state index contributed by atoms with van der Waals surface area (Å²) >= 11 is 1.82. The number of aliphatic imine (C=N–C) groups is 1. The lowest BCUT2D eigenvalue weighted by Crippen LogP contribution is -2.40. The third kappa shape index (κ3) is 6.44. The molecule has 0 aromatic carbocycles. The second-order valence-corrected chi connectivity index (χ2v) is 5.99. The van der Waals surface area contributed by atoms with E-state index >= 15 is 0 Å². The molecule has 0 bridgehead atoms. The first-order chi connectivity index (χ1) is 10.4. The van der Waals surface area contributed by atoms with Crippen molar-refractivity contribution in [3.63, 3.8) is 0 Å². The van der Waals surface area contributed by atoms with E-state index < -0.39 is 0 Å². The Hall–Kier alpha value is -1.14. The molecule has 1 aliphatic heterocycles. The minimum atomic E-state index is 0.286. The Labute approximate surface area is 130 Å². The molecule has 0 amide bonds. The third-order valence-electron chi connectivity index (χ3n) is 3.32. The summed E-state index contributed by atoms with van der Waals surface area (Å²) < 4.78 is 10.9. The van der Waals surface area contributed by atoms with Crippen molar-refractivity contribution in [1.82, 2.24) is 10.6 Å².